The van der Waals surface area contributed by atoms with Gasteiger partial charge in [0.15, 0.2) is 0 Å². The zero-order valence-electron chi connectivity index (χ0n) is 15.4. The molecule has 2 aromatic carbocycles. The van der Waals surface area contributed by atoms with Crippen LogP contribution >= 0.6 is 0 Å². The van der Waals surface area contributed by atoms with Crippen LogP contribution in [0.25, 0.3) is 0 Å². The summed E-state index contributed by atoms with van der Waals surface area (Å²) in [5.74, 6) is -0.642. The number of ether oxygens (including phenoxy) is 1. The second-order valence-electron chi connectivity index (χ2n) is 6.91. The van der Waals surface area contributed by atoms with Crippen molar-refractivity contribution < 1.29 is 22.7 Å². The van der Waals surface area contributed by atoms with Gasteiger partial charge in [-0.1, -0.05) is 18.2 Å². The highest BCUT2D eigenvalue weighted by Crippen LogP contribution is 2.33. The third kappa shape index (κ3) is 3.08. The molecule has 0 radical (unpaired) electrons. The smallest absolute Gasteiger partial charge is 0.299 e. The van der Waals surface area contributed by atoms with Gasteiger partial charge in [0.1, 0.15) is 12.4 Å². The molecule has 1 atom stereocenters. The molecule has 0 aliphatic carbocycles. The molecular weight excluding hydrogens is 379 g/mol. The molecule has 0 aromatic heterocycles. The van der Waals surface area contributed by atoms with Crippen LogP contribution in [0.5, 0.6) is 5.75 Å². The molecule has 28 heavy (non-hydrogen) atoms. The first kappa shape index (κ1) is 18.6. The number of nitrogens with zero attached hydrogens (tertiary/aromatic N) is 2. The van der Waals surface area contributed by atoms with E-state index in [0.29, 0.717) is 24.4 Å². The number of ketones is 1. The third-order valence-corrected chi connectivity index (χ3v) is 7.14. The summed E-state index contributed by atoms with van der Waals surface area (Å²) in [6.07, 6.45) is 1.45. The Morgan fingerprint density at radius 3 is 2.61 bits per heavy atom. The van der Waals surface area contributed by atoms with Crippen LogP contribution in [0, 0.1) is 0 Å². The summed E-state index contributed by atoms with van der Waals surface area (Å²) >= 11 is 0. The van der Waals surface area contributed by atoms with Gasteiger partial charge in [0.2, 0.25) is 10.0 Å². The molecule has 4 rings (SSSR count). The summed E-state index contributed by atoms with van der Waals surface area (Å²) in [4.78, 5) is 25.2. The molecule has 0 saturated carbocycles. The lowest BCUT2D eigenvalue weighted by atomic mass is 10.1. The number of fused-ring (bicyclic) bond motifs is 1. The van der Waals surface area contributed by atoms with Crippen molar-refractivity contribution in [1.82, 2.24) is 4.31 Å². The third-order valence-electron chi connectivity index (χ3n) is 5.19. The molecule has 0 spiro atoms. The predicted molar refractivity (Wildman–Crippen MR) is 103 cm³/mol. The van der Waals surface area contributed by atoms with Crippen molar-refractivity contribution in [2.75, 3.05) is 25.1 Å². The Morgan fingerprint density at radius 2 is 1.86 bits per heavy atom. The Kier molecular flexibility index (Phi) is 4.68. The maximum atomic E-state index is 13.2. The highest BCUT2D eigenvalue weighted by molar-refractivity contribution is 7.89. The summed E-state index contributed by atoms with van der Waals surface area (Å²) in [5, 5.41) is 0. The van der Waals surface area contributed by atoms with Crippen LogP contribution in [0.15, 0.2) is 53.4 Å². The molecule has 8 heteroatoms. The van der Waals surface area contributed by atoms with Gasteiger partial charge in [0, 0.05) is 13.6 Å². The van der Waals surface area contributed by atoms with Crippen LogP contribution in [0.1, 0.15) is 23.2 Å². The normalized spacial score (nSPS) is 19.9. The van der Waals surface area contributed by atoms with E-state index >= 15 is 0 Å². The van der Waals surface area contributed by atoms with E-state index in [1.54, 1.807) is 0 Å². The predicted octanol–water partition coefficient (Wildman–Crippen LogP) is 2.08. The summed E-state index contributed by atoms with van der Waals surface area (Å²) < 4.78 is 33.6. The average molecular weight is 399 g/mol. The summed E-state index contributed by atoms with van der Waals surface area (Å²) in [7, 11) is -2.30. The van der Waals surface area contributed by atoms with Crippen LogP contribution in [-0.2, 0) is 14.8 Å². The van der Waals surface area contributed by atoms with Crippen LogP contribution in [0.2, 0.25) is 0 Å². The molecular formula is C20H20N2O5S. The molecule has 7 nitrogen and oxygen atoms in total. The van der Waals surface area contributed by atoms with Gasteiger partial charge in [-0.05, 0) is 43.2 Å². The van der Waals surface area contributed by atoms with Crippen molar-refractivity contribution in [3.63, 3.8) is 0 Å². The van der Waals surface area contributed by atoms with Crippen molar-refractivity contribution in [2.45, 2.75) is 23.8 Å². The number of hydrogen-bond acceptors (Lipinski definition) is 5. The minimum Gasteiger partial charge on any atom is -0.492 e. The van der Waals surface area contributed by atoms with Gasteiger partial charge in [0.25, 0.3) is 11.7 Å². The van der Waals surface area contributed by atoms with E-state index in [9.17, 15) is 18.0 Å². The molecule has 2 aromatic rings. The van der Waals surface area contributed by atoms with E-state index in [1.807, 2.05) is 30.3 Å². The zero-order valence-corrected chi connectivity index (χ0v) is 16.2. The summed E-state index contributed by atoms with van der Waals surface area (Å²) in [5.41, 5.74) is 0.559. The number of sulfonamides is 1. The second-order valence-corrected chi connectivity index (χ2v) is 8.80. The highest BCUT2D eigenvalue weighted by atomic mass is 32.2. The van der Waals surface area contributed by atoms with E-state index in [1.165, 1.54) is 34.5 Å². The van der Waals surface area contributed by atoms with Crippen LogP contribution in [0.3, 0.4) is 0 Å². The Balaban J connectivity index is 1.58. The van der Waals surface area contributed by atoms with Gasteiger partial charge >= 0.3 is 0 Å². The van der Waals surface area contributed by atoms with Gasteiger partial charge in [-0.2, -0.15) is 4.31 Å². The monoisotopic (exact) mass is 399 g/mol. The Hall–Kier alpha value is -2.71. The number of para-hydroxylation sites is 1. The fourth-order valence-corrected chi connectivity index (χ4v) is 5.37. The van der Waals surface area contributed by atoms with E-state index in [2.05, 4.69) is 0 Å². The fraction of sp³-hybridized carbons (Fsp3) is 0.300. The average Bonchev–Trinajstić information content (AvgIpc) is 3.27. The lowest BCUT2D eigenvalue weighted by Crippen LogP contribution is -2.39. The lowest BCUT2D eigenvalue weighted by molar-refractivity contribution is -0.114. The maximum Gasteiger partial charge on any atom is 0.299 e. The first-order valence-electron chi connectivity index (χ1n) is 9.06. The number of benzene rings is 2. The second kappa shape index (κ2) is 7.03. The largest absolute Gasteiger partial charge is 0.492 e. The van der Waals surface area contributed by atoms with Crippen molar-refractivity contribution >= 4 is 27.4 Å². The number of rotatable bonds is 5. The molecule has 0 unspecified atom stereocenters. The van der Waals surface area contributed by atoms with Crippen LogP contribution < -0.4 is 9.64 Å². The lowest BCUT2D eigenvalue weighted by Gasteiger charge is -2.24. The molecule has 1 saturated heterocycles. The summed E-state index contributed by atoms with van der Waals surface area (Å²) in [6.45, 7) is 0.656. The Morgan fingerprint density at radius 1 is 1.11 bits per heavy atom. The van der Waals surface area contributed by atoms with Crippen molar-refractivity contribution in [2.24, 2.45) is 0 Å². The van der Waals surface area contributed by atoms with E-state index < -0.39 is 21.7 Å². The number of hydrogen-bond donors (Lipinski definition) is 0. The molecule has 146 valence electrons. The topological polar surface area (TPSA) is 84.0 Å². The van der Waals surface area contributed by atoms with Crippen molar-refractivity contribution in [3.05, 3.63) is 54.1 Å². The van der Waals surface area contributed by atoms with Crippen LogP contribution in [0.4, 0.5) is 5.69 Å². The molecule has 1 amide bonds. The van der Waals surface area contributed by atoms with Crippen LogP contribution in [-0.4, -0.2) is 50.7 Å². The van der Waals surface area contributed by atoms with Crippen molar-refractivity contribution in [3.8, 4) is 5.75 Å². The molecule has 1 fully saturated rings. The van der Waals surface area contributed by atoms with E-state index in [0.717, 1.165) is 6.42 Å². The quantitative estimate of drug-likeness (QED) is 0.719. The minimum atomic E-state index is -3.80. The minimum absolute atomic E-state index is 0.0225. The molecule has 2 aliphatic heterocycles. The zero-order chi connectivity index (χ0) is 19.9. The first-order valence-corrected chi connectivity index (χ1v) is 10.5. The number of carbonyl (C=O) groups excluding carboxylic acids is 2. The molecule has 2 aliphatic rings. The van der Waals surface area contributed by atoms with Gasteiger partial charge in [-0.3, -0.25) is 9.59 Å². The van der Waals surface area contributed by atoms with Crippen molar-refractivity contribution in [1.29, 1.82) is 0 Å². The number of amides is 1. The highest BCUT2D eigenvalue weighted by Gasteiger charge is 2.38. The van der Waals surface area contributed by atoms with Gasteiger partial charge < -0.3 is 9.64 Å². The number of anilines is 1. The van der Waals surface area contributed by atoms with E-state index in [-0.39, 0.29) is 23.1 Å². The fourth-order valence-electron chi connectivity index (χ4n) is 3.66. The standard InChI is InChI=1S/C20H20N2O5S/c1-21-18-10-9-16(12-17(18)19(23)20(21)24)28(25,26)22-11-5-6-14(22)13-27-15-7-3-2-4-8-15/h2-4,7-10,12,14H,5-6,11,13H2,1H3/t14-/m0/s1/i1-1. The summed E-state index contributed by atoms with van der Waals surface area (Å²) in [6, 6.07) is 13.2. The molecule has 0 N–H and O–H groups in total. The SMILES string of the molecule is [11CH3]N1C(=O)C(=O)c2cc(S(=O)(=O)N3CCC[C@H]3COc3ccccc3)ccc21. The Bertz CT molecular complexity index is 1040. The van der Waals surface area contributed by atoms with E-state index in [4.69, 9.17) is 4.74 Å². The molecule has 0 bridgehead atoms. The van der Waals surface area contributed by atoms with Gasteiger partial charge in [-0.25, -0.2) is 8.42 Å². The number of likely N-dealkylation sites (N-methyl/N-ethyl adjacent to an activating group) is 1. The Labute approximate surface area is 163 Å². The number of Topliss-reactive ketones (excluding diaryl/α,β-unsaturated/α-hetero) is 1. The van der Waals surface area contributed by atoms with Gasteiger partial charge in [-0.15, -0.1) is 0 Å². The molecule has 2 heterocycles. The maximum absolute atomic E-state index is 13.2. The van der Waals surface area contributed by atoms with Gasteiger partial charge in [0.05, 0.1) is 22.2 Å². The first-order chi connectivity index (χ1) is 13.4. The number of carbonyl (C=O) groups is 2.